The topological polar surface area (TPSA) is 23.8 Å². The van der Waals surface area contributed by atoms with E-state index in [0.717, 1.165) is 5.82 Å². The number of rotatable bonds is 1. The molecule has 3 heteroatoms. The standard InChI is InChI=1S/C9H15B2N/c12-7-10-9-5-1-3-8(11-9)4-2-6-9/h8H,1-6,10H2/q-1. The first kappa shape index (κ1) is 8.23. The minimum absolute atomic E-state index is 0.339. The maximum atomic E-state index is 8.81. The molecule has 0 unspecified atom stereocenters. The molecular formula is C9H15B2N-. The van der Waals surface area contributed by atoms with Crippen LogP contribution >= 0.6 is 0 Å². The van der Waals surface area contributed by atoms with Gasteiger partial charge in [-0.1, -0.05) is 44.3 Å². The molecule has 2 heterocycles. The molecule has 0 aromatic rings. The second-order valence-corrected chi connectivity index (χ2v) is 4.84. The quantitative estimate of drug-likeness (QED) is 0.533. The van der Waals surface area contributed by atoms with Crippen molar-refractivity contribution in [1.29, 1.82) is 5.26 Å². The molecule has 2 aliphatic rings. The summed E-state index contributed by atoms with van der Waals surface area (Å²) in [6.07, 6.45) is 8.23. The fourth-order valence-electron chi connectivity index (χ4n) is 3.26. The molecule has 0 amide bonds. The van der Waals surface area contributed by atoms with Crippen molar-refractivity contribution in [2.24, 2.45) is 0 Å². The molecule has 2 saturated heterocycles. The number of nitrogens with zero attached hydrogens (tertiary/aromatic N) is 1. The van der Waals surface area contributed by atoms with Gasteiger partial charge in [-0.05, 0) is 0 Å². The molecule has 0 aromatic heterocycles. The Hall–Kier alpha value is -0.380. The highest BCUT2D eigenvalue weighted by molar-refractivity contribution is 6.67. The third-order valence-electron chi connectivity index (χ3n) is 3.89. The largest absolute Gasteiger partial charge is 0.251 e. The van der Waals surface area contributed by atoms with Crippen LogP contribution in [0.3, 0.4) is 0 Å². The van der Waals surface area contributed by atoms with Crippen molar-refractivity contribution >= 4 is 14.6 Å². The van der Waals surface area contributed by atoms with Crippen molar-refractivity contribution < 1.29 is 0 Å². The Labute approximate surface area is 76.0 Å². The van der Waals surface area contributed by atoms with E-state index >= 15 is 0 Å². The van der Waals surface area contributed by atoms with Crippen molar-refractivity contribution in [3.63, 3.8) is 0 Å². The number of hydrogen-bond acceptors (Lipinski definition) is 1. The molecule has 0 aromatic carbocycles. The summed E-state index contributed by atoms with van der Waals surface area (Å²) < 4.78 is 0. The molecule has 0 saturated carbocycles. The second-order valence-electron chi connectivity index (χ2n) is 4.84. The van der Waals surface area contributed by atoms with Gasteiger partial charge in [-0.2, -0.15) is 11.2 Å². The normalized spacial score (nSPS) is 39.8. The van der Waals surface area contributed by atoms with Crippen molar-refractivity contribution in [3.05, 3.63) is 0 Å². The van der Waals surface area contributed by atoms with Crippen molar-refractivity contribution in [1.82, 2.24) is 0 Å². The molecule has 2 fully saturated rings. The molecule has 12 heavy (non-hydrogen) atoms. The first-order valence-electron chi connectivity index (χ1n) is 5.37. The van der Waals surface area contributed by atoms with Crippen molar-refractivity contribution in [3.8, 4) is 5.97 Å². The van der Waals surface area contributed by atoms with Crippen LogP contribution in [0.2, 0.25) is 11.0 Å². The smallest absolute Gasteiger partial charge is 0.0821 e. The first-order chi connectivity index (χ1) is 5.85. The van der Waals surface area contributed by atoms with E-state index in [1.807, 2.05) is 0 Å². The predicted molar refractivity (Wildman–Crippen MR) is 54.1 cm³/mol. The molecular weight excluding hydrogens is 144 g/mol. The summed E-state index contributed by atoms with van der Waals surface area (Å²) >= 11 is 0. The van der Waals surface area contributed by atoms with Gasteiger partial charge in [-0.3, -0.25) is 5.26 Å². The van der Waals surface area contributed by atoms with Gasteiger partial charge < -0.3 is 0 Å². The van der Waals surface area contributed by atoms with Gasteiger partial charge in [-0.25, -0.2) is 0 Å². The maximum Gasteiger partial charge on any atom is 0.0821 e. The van der Waals surface area contributed by atoms with E-state index in [1.54, 1.807) is 0 Å². The Morgan fingerprint density at radius 3 is 2.58 bits per heavy atom. The first-order valence-corrected chi connectivity index (χ1v) is 5.37. The summed E-state index contributed by atoms with van der Waals surface area (Å²) in [5, 5.41) is 9.28. The van der Waals surface area contributed by atoms with E-state index in [0.29, 0.717) is 5.21 Å². The van der Waals surface area contributed by atoms with Crippen molar-refractivity contribution in [2.45, 2.75) is 49.6 Å². The van der Waals surface area contributed by atoms with Gasteiger partial charge in [0.25, 0.3) is 0 Å². The fourth-order valence-corrected chi connectivity index (χ4v) is 3.26. The summed E-state index contributed by atoms with van der Waals surface area (Å²) in [6, 6.07) is 0. The molecule has 1 nitrogen and oxygen atoms in total. The Bertz CT molecular complexity index is 199. The lowest BCUT2D eigenvalue weighted by atomic mass is 9.24. The summed E-state index contributed by atoms with van der Waals surface area (Å²) in [4.78, 5) is 0. The lowest BCUT2D eigenvalue weighted by Crippen LogP contribution is -2.36. The summed E-state index contributed by atoms with van der Waals surface area (Å²) in [7, 11) is 2.22. The van der Waals surface area contributed by atoms with Crippen LogP contribution in [0.5, 0.6) is 0 Å². The Morgan fingerprint density at radius 1 is 1.33 bits per heavy atom. The van der Waals surface area contributed by atoms with E-state index in [1.165, 1.54) is 38.5 Å². The van der Waals surface area contributed by atoms with Crippen molar-refractivity contribution in [2.75, 3.05) is 0 Å². The minimum Gasteiger partial charge on any atom is -0.251 e. The Kier molecular flexibility index (Phi) is 2.17. The molecule has 2 rings (SSSR count). The number of nitriles is 1. The highest BCUT2D eigenvalue weighted by Gasteiger charge is 2.35. The van der Waals surface area contributed by atoms with E-state index in [-0.39, 0.29) is 7.28 Å². The van der Waals surface area contributed by atoms with Gasteiger partial charge in [0.05, 0.1) is 14.6 Å². The summed E-state index contributed by atoms with van der Waals surface area (Å²) in [5.74, 6) is 3.36. The number of hydrogen-bond donors (Lipinski definition) is 0. The average molecular weight is 159 g/mol. The van der Waals surface area contributed by atoms with Crippen LogP contribution in [-0.4, -0.2) is 14.6 Å². The lowest BCUT2D eigenvalue weighted by molar-refractivity contribution is 0.424. The zero-order valence-corrected chi connectivity index (χ0v) is 7.84. The summed E-state index contributed by atoms with van der Waals surface area (Å²) in [6.45, 7) is 0. The molecule has 0 aliphatic carbocycles. The molecule has 0 N–H and O–H groups in total. The zero-order chi connectivity index (χ0) is 8.44. The van der Waals surface area contributed by atoms with Gasteiger partial charge >= 0.3 is 0 Å². The van der Waals surface area contributed by atoms with Crippen LogP contribution in [0.15, 0.2) is 0 Å². The Morgan fingerprint density at radius 2 is 2.00 bits per heavy atom. The second kappa shape index (κ2) is 3.17. The highest BCUT2D eigenvalue weighted by Crippen LogP contribution is 2.50. The van der Waals surface area contributed by atoms with E-state index in [2.05, 4.69) is 13.2 Å². The monoisotopic (exact) mass is 159 g/mol. The van der Waals surface area contributed by atoms with Crippen LogP contribution in [0, 0.1) is 11.2 Å². The minimum atomic E-state index is -0.339. The maximum absolute atomic E-state index is 8.81. The average Bonchev–Trinajstić information content (AvgIpc) is 2.04. The van der Waals surface area contributed by atoms with Crippen LogP contribution in [0.4, 0.5) is 0 Å². The third kappa shape index (κ3) is 1.40. The van der Waals surface area contributed by atoms with Crippen LogP contribution in [-0.2, 0) is 0 Å². The molecule has 2 aliphatic heterocycles. The van der Waals surface area contributed by atoms with Gasteiger partial charge in [-0.15, -0.1) is 0 Å². The van der Waals surface area contributed by atoms with Crippen LogP contribution in [0.1, 0.15) is 38.5 Å². The molecule has 2 bridgehead atoms. The van der Waals surface area contributed by atoms with E-state index in [4.69, 9.17) is 5.26 Å². The zero-order valence-electron chi connectivity index (χ0n) is 7.84. The number of fused-ring (bicyclic) bond motifs is 2. The van der Waals surface area contributed by atoms with Gasteiger partial charge in [0.2, 0.25) is 0 Å². The Balaban J connectivity index is 2.07. The van der Waals surface area contributed by atoms with Gasteiger partial charge in [0.15, 0.2) is 0 Å². The predicted octanol–water partition coefficient (Wildman–Crippen LogP) is 1.61. The van der Waals surface area contributed by atoms with Crippen LogP contribution in [0.25, 0.3) is 0 Å². The van der Waals surface area contributed by atoms with E-state index < -0.39 is 0 Å². The lowest BCUT2D eigenvalue weighted by Gasteiger charge is -2.48. The fraction of sp³-hybridized carbons (Fsp3) is 0.889. The molecule has 1 radical (unpaired) electrons. The highest BCUT2D eigenvalue weighted by atomic mass is 14.3. The molecule has 0 spiro atoms. The third-order valence-corrected chi connectivity index (χ3v) is 3.89. The molecule has 63 valence electrons. The van der Waals surface area contributed by atoms with Gasteiger partial charge in [0, 0.05) is 0 Å². The van der Waals surface area contributed by atoms with Crippen LogP contribution < -0.4 is 0 Å². The SMILES string of the molecule is N#C[BH2-]C12[B]C(CCC1)CCC2. The summed E-state index contributed by atoms with van der Waals surface area (Å²) in [5.41, 5.74) is 0. The molecule has 0 atom stereocenters. The van der Waals surface area contributed by atoms with E-state index in [9.17, 15) is 0 Å². The van der Waals surface area contributed by atoms with Gasteiger partial charge in [0.1, 0.15) is 0 Å².